The van der Waals surface area contributed by atoms with Crippen LogP contribution in [0.3, 0.4) is 0 Å². The summed E-state index contributed by atoms with van der Waals surface area (Å²) in [6.07, 6.45) is 0.331. The Morgan fingerprint density at radius 2 is 1.74 bits per heavy atom. The van der Waals surface area contributed by atoms with Crippen LogP contribution in [-0.4, -0.2) is 9.97 Å². The molecule has 2 nitrogen and oxygen atoms in total. The maximum atomic E-state index is 13.0. The Labute approximate surface area is 132 Å². The molecule has 0 aliphatic rings. The highest BCUT2D eigenvalue weighted by molar-refractivity contribution is 5.68. The van der Waals surface area contributed by atoms with Crippen molar-refractivity contribution in [2.75, 3.05) is 0 Å². The summed E-state index contributed by atoms with van der Waals surface area (Å²) in [5.41, 5.74) is 1.65. The lowest BCUT2D eigenvalue weighted by Gasteiger charge is -2.14. The summed E-state index contributed by atoms with van der Waals surface area (Å²) in [5.74, 6) is 0.823. The third-order valence-electron chi connectivity index (χ3n) is 3.71. The summed E-state index contributed by atoms with van der Waals surface area (Å²) in [6.45, 7) is 0. The topological polar surface area (TPSA) is 28.7 Å². The van der Waals surface area contributed by atoms with Gasteiger partial charge in [0.05, 0.1) is 5.56 Å². The lowest BCUT2D eigenvalue weighted by atomic mass is 9.94. The zero-order valence-corrected chi connectivity index (χ0v) is 12.3. The zero-order chi connectivity index (χ0) is 16.3. The molecule has 0 radical (unpaired) electrons. The second kappa shape index (κ2) is 6.28. The highest BCUT2D eigenvalue weighted by atomic mass is 19.4. The molecule has 1 heterocycles. The molecular formula is C18H15F3N2. The summed E-state index contributed by atoms with van der Waals surface area (Å²) in [5, 5.41) is 0. The molecule has 5 heteroatoms. The van der Waals surface area contributed by atoms with Crippen LogP contribution in [0.5, 0.6) is 0 Å². The van der Waals surface area contributed by atoms with Crippen LogP contribution in [0.25, 0.3) is 11.1 Å². The number of aromatic nitrogens is 2. The van der Waals surface area contributed by atoms with Crippen molar-refractivity contribution in [1.29, 1.82) is 0 Å². The van der Waals surface area contributed by atoms with E-state index in [9.17, 15) is 13.2 Å². The number of imidazole rings is 1. The van der Waals surface area contributed by atoms with Crippen molar-refractivity contribution >= 4 is 0 Å². The molecule has 0 saturated heterocycles. The molecule has 0 bridgehead atoms. The standard InChI is InChI=1S/C18H15F3N2/c19-18(20,21)15-8-6-14(7-9-17-22-10-11-23-17)16(12-15)13-4-2-1-3-5-13/h1-6,8,10-12H,7,9H2,(H,22,23). The molecule has 0 unspecified atom stereocenters. The van der Waals surface area contributed by atoms with E-state index in [1.54, 1.807) is 18.5 Å². The minimum atomic E-state index is -4.34. The van der Waals surface area contributed by atoms with Gasteiger partial charge in [0.1, 0.15) is 5.82 Å². The van der Waals surface area contributed by atoms with Crippen molar-refractivity contribution < 1.29 is 13.2 Å². The third-order valence-corrected chi connectivity index (χ3v) is 3.71. The summed E-state index contributed by atoms with van der Waals surface area (Å²) < 4.78 is 39.0. The van der Waals surface area contributed by atoms with Crippen molar-refractivity contribution in [1.82, 2.24) is 9.97 Å². The molecule has 23 heavy (non-hydrogen) atoms. The van der Waals surface area contributed by atoms with Crippen LogP contribution in [0.2, 0.25) is 0 Å². The van der Waals surface area contributed by atoms with E-state index in [0.717, 1.165) is 23.0 Å². The van der Waals surface area contributed by atoms with Gasteiger partial charge in [0, 0.05) is 18.8 Å². The third kappa shape index (κ3) is 3.62. The highest BCUT2D eigenvalue weighted by Crippen LogP contribution is 2.34. The van der Waals surface area contributed by atoms with Crippen LogP contribution in [0, 0.1) is 0 Å². The Kier molecular flexibility index (Phi) is 4.19. The predicted molar refractivity (Wildman–Crippen MR) is 82.9 cm³/mol. The molecule has 1 aromatic heterocycles. The fourth-order valence-electron chi connectivity index (χ4n) is 2.54. The SMILES string of the molecule is FC(F)(F)c1ccc(CCc2ncc[nH]2)c(-c2ccccc2)c1. The number of hydrogen-bond donors (Lipinski definition) is 1. The maximum Gasteiger partial charge on any atom is 0.416 e. The Bertz CT molecular complexity index is 763. The second-order valence-corrected chi connectivity index (χ2v) is 5.27. The molecule has 0 saturated carbocycles. The number of alkyl halides is 3. The van der Waals surface area contributed by atoms with Crippen molar-refractivity contribution in [3.05, 3.63) is 77.9 Å². The number of aromatic amines is 1. The van der Waals surface area contributed by atoms with Crippen LogP contribution >= 0.6 is 0 Å². The molecule has 3 aromatic rings. The van der Waals surface area contributed by atoms with E-state index in [-0.39, 0.29) is 0 Å². The van der Waals surface area contributed by atoms with E-state index in [2.05, 4.69) is 9.97 Å². The number of aryl methyl sites for hydroxylation is 2. The largest absolute Gasteiger partial charge is 0.416 e. The minimum Gasteiger partial charge on any atom is -0.349 e. The van der Waals surface area contributed by atoms with E-state index in [0.29, 0.717) is 18.4 Å². The molecule has 0 aliphatic carbocycles. The molecular weight excluding hydrogens is 301 g/mol. The lowest BCUT2D eigenvalue weighted by molar-refractivity contribution is -0.137. The quantitative estimate of drug-likeness (QED) is 0.730. The summed E-state index contributed by atoms with van der Waals surface area (Å²) >= 11 is 0. The van der Waals surface area contributed by atoms with Crippen LogP contribution in [0.15, 0.2) is 60.9 Å². The van der Waals surface area contributed by atoms with Gasteiger partial charge in [-0.25, -0.2) is 4.98 Å². The number of halogens is 3. The van der Waals surface area contributed by atoms with E-state index in [1.165, 1.54) is 6.07 Å². The van der Waals surface area contributed by atoms with Crippen molar-refractivity contribution in [3.8, 4) is 11.1 Å². The van der Waals surface area contributed by atoms with Gasteiger partial charge >= 0.3 is 6.18 Å². The fourth-order valence-corrected chi connectivity index (χ4v) is 2.54. The first-order valence-electron chi connectivity index (χ1n) is 7.28. The van der Waals surface area contributed by atoms with Gasteiger partial charge in [-0.2, -0.15) is 13.2 Å². The van der Waals surface area contributed by atoms with Crippen molar-refractivity contribution in [2.45, 2.75) is 19.0 Å². The van der Waals surface area contributed by atoms with Crippen LogP contribution in [-0.2, 0) is 19.0 Å². The van der Waals surface area contributed by atoms with Gasteiger partial charge in [-0.1, -0.05) is 36.4 Å². The number of hydrogen-bond acceptors (Lipinski definition) is 1. The zero-order valence-electron chi connectivity index (χ0n) is 12.3. The first kappa shape index (κ1) is 15.3. The fraction of sp³-hybridized carbons (Fsp3) is 0.167. The van der Waals surface area contributed by atoms with Gasteiger partial charge in [-0.3, -0.25) is 0 Å². The molecule has 2 aromatic carbocycles. The number of H-pyrrole nitrogens is 1. The average molecular weight is 316 g/mol. The molecule has 0 aliphatic heterocycles. The number of rotatable bonds is 4. The first-order chi connectivity index (χ1) is 11.0. The normalized spacial score (nSPS) is 11.6. The summed E-state index contributed by atoms with van der Waals surface area (Å²) in [6, 6.07) is 13.1. The van der Waals surface area contributed by atoms with E-state index >= 15 is 0 Å². The number of nitrogens with zero attached hydrogens (tertiary/aromatic N) is 1. The van der Waals surface area contributed by atoms with Crippen LogP contribution < -0.4 is 0 Å². The highest BCUT2D eigenvalue weighted by Gasteiger charge is 2.31. The summed E-state index contributed by atoms with van der Waals surface area (Å²) in [7, 11) is 0. The monoisotopic (exact) mass is 316 g/mol. The Balaban J connectivity index is 1.97. The van der Waals surface area contributed by atoms with Gasteiger partial charge in [0.25, 0.3) is 0 Å². The Morgan fingerprint density at radius 3 is 2.39 bits per heavy atom. The maximum absolute atomic E-state index is 13.0. The van der Waals surface area contributed by atoms with E-state index < -0.39 is 11.7 Å². The molecule has 1 N–H and O–H groups in total. The van der Waals surface area contributed by atoms with Crippen molar-refractivity contribution in [2.24, 2.45) is 0 Å². The van der Waals surface area contributed by atoms with E-state index in [1.807, 2.05) is 30.3 Å². The molecule has 0 fully saturated rings. The molecule has 118 valence electrons. The van der Waals surface area contributed by atoms with Crippen LogP contribution in [0.4, 0.5) is 13.2 Å². The van der Waals surface area contributed by atoms with Gasteiger partial charge in [-0.15, -0.1) is 0 Å². The first-order valence-corrected chi connectivity index (χ1v) is 7.28. The van der Waals surface area contributed by atoms with E-state index in [4.69, 9.17) is 0 Å². The number of benzene rings is 2. The number of nitrogens with one attached hydrogen (secondary N) is 1. The second-order valence-electron chi connectivity index (χ2n) is 5.27. The predicted octanol–water partition coefficient (Wildman–Crippen LogP) is 4.88. The average Bonchev–Trinajstić information content (AvgIpc) is 3.06. The van der Waals surface area contributed by atoms with Crippen molar-refractivity contribution in [3.63, 3.8) is 0 Å². The minimum absolute atomic E-state index is 0.618. The van der Waals surface area contributed by atoms with Gasteiger partial charge in [0.2, 0.25) is 0 Å². The van der Waals surface area contributed by atoms with Crippen LogP contribution in [0.1, 0.15) is 17.0 Å². The molecule has 0 atom stereocenters. The Morgan fingerprint density at radius 1 is 0.957 bits per heavy atom. The lowest BCUT2D eigenvalue weighted by Crippen LogP contribution is -2.06. The summed E-state index contributed by atoms with van der Waals surface area (Å²) in [4.78, 5) is 7.17. The molecule has 0 amide bonds. The molecule has 3 rings (SSSR count). The molecule has 0 spiro atoms. The smallest absolute Gasteiger partial charge is 0.349 e. The van der Waals surface area contributed by atoms with Gasteiger partial charge in [0.15, 0.2) is 0 Å². The van der Waals surface area contributed by atoms with Gasteiger partial charge < -0.3 is 4.98 Å². The van der Waals surface area contributed by atoms with Gasteiger partial charge in [-0.05, 0) is 35.2 Å². The Hall–Kier alpha value is -2.56.